The Bertz CT molecular complexity index is 1470. The van der Waals surface area contributed by atoms with E-state index in [1.54, 1.807) is 33.7 Å². The van der Waals surface area contributed by atoms with Crippen LogP contribution in [-0.4, -0.2) is 94.5 Å². The predicted molar refractivity (Wildman–Crippen MR) is 194 cm³/mol. The van der Waals surface area contributed by atoms with Gasteiger partial charge in [-0.05, 0) is 75.7 Å². The van der Waals surface area contributed by atoms with Crippen molar-refractivity contribution in [3.63, 3.8) is 0 Å². The van der Waals surface area contributed by atoms with E-state index in [0.29, 0.717) is 30.2 Å². The SMILES string of the molecule is C=CCN(C(=O)C1N(CCO)C(=O)[C@@H]2[C@H](C(=O)N(CC=C)c3ccc(OCC)cc3)[C@H]3SC12CC3Br)c1ccc(N(CC)CC)cc1. The van der Waals surface area contributed by atoms with Crippen LogP contribution in [0.25, 0.3) is 0 Å². The molecule has 1 N–H and O–H groups in total. The molecule has 252 valence electrons. The van der Waals surface area contributed by atoms with E-state index < -0.39 is 22.6 Å². The number of rotatable bonds is 15. The monoisotopic (exact) mass is 724 g/mol. The van der Waals surface area contributed by atoms with Crippen molar-refractivity contribution in [2.24, 2.45) is 11.8 Å². The van der Waals surface area contributed by atoms with E-state index in [9.17, 15) is 19.5 Å². The molecule has 2 aromatic carbocycles. The molecular weight excluding hydrogens is 680 g/mol. The highest BCUT2D eigenvalue weighted by molar-refractivity contribution is 9.09. The Labute approximate surface area is 290 Å². The first-order valence-electron chi connectivity index (χ1n) is 16.4. The van der Waals surface area contributed by atoms with Gasteiger partial charge in [0.2, 0.25) is 11.8 Å². The van der Waals surface area contributed by atoms with Crippen molar-refractivity contribution in [3.05, 3.63) is 73.8 Å². The summed E-state index contributed by atoms with van der Waals surface area (Å²) in [5, 5.41) is 9.90. The van der Waals surface area contributed by atoms with Crippen LogP contribution in [-0.2, 0) is 14.4 Å². The molecule has 6 atom stereocenters. The van der Waals surface area contributed by atoms with Gasteiger partial charge in [-0.25, -0.2) is 0 Å². The smallest absolute Gasteiger partial charge is 0.251 e. The number of hydrogen-bond acceptors (Lipinski definition) is 7. The summed E-state index contributed by atoms with van der Waals surface area (Å²) < 4.78 is 4.76. The Kier molecular flexibility index (Phi) is 11.1. The zero-order valence-electron chi connectivity index (χ0n) is 27.4. The van der Waals surface area contributed by atoms with Gasteiger partial charge in [0.1, 0.15) is 11.8 Å². The van der Waals surface area contributed by atoms with Gasteiger partial charge >= 0.3 is 0 Å². The second-order valence-electron chi connectivity index (χ2n) is 12.0. The van der Waals surface area contributed by atoms with Crippen molar-refractivity contribution in [1.82, 2.24) is 4.90 Å². The zero-order chi connectivity index (χ0) is 33.9. The number of thioether (sulfide) groups is 1. The summed E-state index contributed by atoms with van der Waals surface area (Å²) >= 11 is 5.44. The molecule has 3 saturated heterocycles. The van der Waals surface area contributed by atoms with Gasteiger partial charge < -0.3 is 29.4 Å². The number of nitrogens with zero attached hydrogens (tertiary/aromatic N) is 4. The molecule has 9 nitrogen and oxygen atoms in total. The zero-order valence-corrected chi connectivity index (χ0v) is 29.8. The molecular formula is C36H45BrN4O5S. The minimum absolute atomic E-state index is 0.00463. The number of aliphatic hydroxyl groups excluding tert-OH is 1. The Morgan fingerprint density at radius 1 is 0.979 bits per heavy atom. The van der Waals surface area contributed by atoms with Crippen LogP contribution in [0.15, 0.2) is 73.8 Å². The molecule has 3 unspecified atom stereocenters. The van der Waals surface area contributed by atoms with Gasteiger partial charge in [-0.15, -0.1) is 24.9 Å². The number of carbonyl (C=O) groups is 3. The summed E-state index contributed by atoms with van der Waals surface area (Å²) in [5.74, 6) is -1.35. The van der Waals surface area contributed by atoms with E-state index in [-0.39, 0.29) is 54.0 Å². The van der Waals surface area contributed by atoms with E-state index in [2.05, 4.69) is 47.8 Å². The summed E-state index contributed by atoms with van der Waals surface area (Å²) in [6.07, 6.45) is 3.91. The molecule has 0 aliphatic carbocycles. The summed E-state index contributed by atoms with van der Waals surface area (Å²) in [6.45, 7) is 16.4. The number of benzene rings is 2. The summed E-state index contributed by atoms with van der Waals surface area (Å²) in [4.78, 5) is 50.8. The molecule has 5 rings (SSSR count). The number of likely N-dealkylation sites (tertiary alicyclic amines) is 1. The highest BCUT2D eigenvalue weighted by atomic mass is 79.9. The molecule has 0 aromatic heterocycles. The highest BCUT2D eigenvalue weighted by Gasteiger charge is 2.76. The Morgan fingerprint density at radius 2 is 1.53 bits per heavy atom. The number of alkyl halides is 1. The van der Waals surface area contributed by atoms with Crippen LogP contribution in [0, 0.1) is 11.8 Å². The van der Waals surface area contributed by atoms with E-state index in [1.807, 2.05) is 55.5 Å². The van der Waals surface area contributed by atoms with Gasteiger partial charge in [0, 0.05) is 59.9 Å². The van der Waals surface area contributed by atoms with Crippen molar-refractivity contribution in [2.75, 3.05) is 60.6 Å². The molecule has 2 aromatic rings. The Morgan fingerprint density at radius 3 is 2.06 bits per heavy atom. The standard InChI is InChI=1S/C36H45BrN4O5S/c1-6-19-39(26-15-17-27(18-16-26)46-10-5)33(43)29-30-34(44)41(21-22-42)32(36(30)23-28(37)31(29)47-36)35(45)40(20-7-2)25-13-11-24(12-14-25)38(8-3)9-4/h6-7,11-18,28-32,42H,1-2,8-10,19-23H2,3-5H3/t28?,29-,30-,31-,32?,36?/m0/s1. The van der Waals surface area contributed by atoms with E-state index in [4.69, 9.17) is 4.74 Å². The van der Waals surface area contributed by atoms with Crippen molar-refractivity contribution in [1.29, 1.82) is 0 Å². The lowest BCUT2D eigenvalue weighted by Gasteiger charge is -2.38. The normalized spacial score (nSPS) is 25.8. The number of halogens is 1. The maximum atomic E-state index is 14.8. The molecule has 1 spiro atoms. The molecule has 0 saturated carbocycles. The lowest BCUT2D eigenvalue weighted by Crippen LogP contribution is -2.56. The fraction of sp³-hybridized carbons (Fsp3) is 0.472. The van der Waals surface area contributed by atoms with Crippen LogP contribution < -0.4 is 19.4 Å². The first kappa shape index (κ1) is 35.0. The molecule has 3 aliphatic heterocycles. The highest BCUT2D eigenvalue weighted by Crippen LogP contribution is 2.68. The number of ether oxygens (including phenoxy) is 1. The molecule has 11 heteroatoms. The average molecular weight is 726 g/mol. The van der Waals surface area contributed by atoms with Crippen molar-refractivity contribution in [2.45, 2.75) is 48.1 Å². The van der Waals surface area contributed by atoms with Crippen molar-refractivity contribution in [3.8, 4) is 5.75 Å². The number of amides is 3. The second kappa shape index (κ2) is 14.9. The third kappa shape index (κ3) is 6.22. The molecule has 47 heavy (non-hydrogen) atoms. The van der Waals surface area contributed by atoms with E-state index in [0.717, 1.165) is 18.8 Å². The lowest BCUT2D eigenvalue weighted by atomic mass is 9.70. The van der Waals surface area contributed by atoms with Gasteiger partial charge in [-0.1, -0.05) is 28.1 Å². The molecule has 3 heterocycles. The second-order valence-corrected chi connectivity index (χ2v) is 14.7. The van der Waals surface area contributed by atoms with Gasteiger partial charge in [0.15, 0.2) is 0 Å². The predicted octanol–water partition coefficient (Wildman–Crippen LogP) is 5.13. The number of carbonyl (C=O) groups excluding carboxylic acids is 3. The molecule has 3 aliphatic rings. The van der Waals surface area contributed by atoms with Gasteiger partial charge in [0.05, 0.1) is 29.8 Å². The summed E-state index contributed by atoms with van der Waals surface area (Å²) in [5.41, 5.74) is 2.45. The first-order chi connectivity index (χ1) is 22.7. The maximum absolute atomic E-state index is 14.8. The van der Waals surface area contributed by atoms with Crippen LogP contribution in [0.2, 0.25) is 0 Å². The van der Waals surface area contributed by atoms with Gasteiger partial charge in [-0.3, -0.25) is 14.4 Å². The van der Waals surface area contributed by atoms with E-state index >= 15 is 0 Å². The van der Waals surface area contributed by atoms with Gasteiger partial charge in [0.25, 0.3) is 5.91 Å². The van der Waals surface area contributed by atoms with E-state index in [1.165, 1.54) is 4.90 Å². The third-order valence-corrected chi connectivity index (χ3v) is 12.8. The van der Waals surface area contributed by atoms with Crippen molar-refractivity contribution < 1.29 is 24.2 Å². The summed E-state index contributed by atoms with van der Waals surface area (Å²) in [6, 6.07) is 14.3. The maximum Gasteiger partial charge on any atom is 0.251 e. The number of anilines is 3. The van der Waals surface area contributed by atoms with Crippen LogP contribution in [0.1, 0.15) is 27.2 Å². The number of β-amino-alcohol motifs (C(OH)–C–C–N with tert-alkyl or cyclic N) is 1. The first-order valence-corrected chi connectivity index (χ1v) is 18.2. The molecule has 0 radical (unpaired) electrons. The fourth-order valence-electron chi connectivity index (χ4n) is 7.59. The summed E-state index contributed by atoms with van der Waals surface area (Å²) in [7, 11) is 0. The van der Waals surface area contributed by atoms with Crippen LogP contribution >= 0.6 is 27.7 Å². The number of aliphatic hydroxyl groups is 1. The molecule has 2 bridgehead atoms. The Balaban J connectivity index is 1.52. The third-order valence-electron chi connectivity index (χ3n) is 9.55. The topological polar surface area (TPSA) is 93.6 Å². The Hall–Kier alpha value is -3.28. The lowest BCUT2D eigenvalue weighted by molar-refractivity contribution is -0.139. The van der Waals surface area contributed by atoms with Crippen LogP contribution in [0.5, 0.6) is 5.75 Å². The van der Waals surface area contributed by atoms with Crippen LogP contribution in [0.3, 0.4) is 0 Å². The fourth-order valence-corrected chi connectivity index (χ4v) is 11.2. The van der Waals surface area contributed by atoms with Crippen molar-refractivity contribution >= 4 is 62.5 Å². The average Bonchev–Trinajstić information content (AvgIpc) is 3.67. The quantitative estimate of drug-likeness (QED) is 0.201. The minimum atomic E-state index is -0.860. The molecule has 3 amide bonds. The van der Waals surface area contributed by atoms with Crippen LogP contribution in [0.4, 0.5) is 17.1 Å². The minimum Gasteiger partial charge on any atom is -0.494 e. The van der Waals surface area contributed by atoms with Gasteiger partial charge in [-0.2, -0.15) is 0 Å². The number of hydrogen-bond donors (Lipinski definition) is 1. The largest absolute Gasteiger partial charge is 0.494 e. The molecule has 3 fully saturated rings. The number of fused-ring (bicyclic) bond motifs is 1.